The van der Waals surface area contributed by atoms with Gasteiger partial charge in [-0.15, -0.1) is 11.8 Å². The largest absolute Gasteiger partial charge is 0.478 e. The minimum atomic E-state index is -0.915. The number of aryl methyl sites for hydroxylation is 1. The maximum atomic E-state index is 13.6. The second kappa shape index (κ2) is 16.5. The van der Waals surface area contributed by atoms with Gasteiger partial charge in [-0.05, 0) is 62.8 Å². The fourth-order valence-corrected chi connectivity index (χ4v) is 6.75. The molecule has 2 amide bonds. The van der Waals surface area contributed by atoms with Gasteiger partial charge >= 0.3 is 5.97 Å². The van der Waals surface area contributed by atoms with Crippen LogP contribution in [0.1, 0.15) is 100 Å². The zero-order chi connectivity index (χ0) is 28.9. The Bertz CT molecular complexity index is 1070. The highest BCUT2D eigenvalue weighted by Crippen LogP contribution is 2.37. The molecule has 2 unspecified atom stereocenters. The summed E-state index contributed by atoms with van der Waals surface area (Å²) in [6, 6.07) is 17.1. The third-order valence-electron chi connectivity index (χ3n) is 7.60. The second-order valence-electron chi connectivity index (χ2n) is 11.1. The molecular weight excluding hydrogens is 520 g/mol. The van der Waals surface area contributed by atoms with Gasteiger partial charge in [0.1, 0.15) is 0 Å². The zero-order valence-corrected chi connectivity index (χ0v) is 25.2. The molecule has 1 aliphatic heterocycles. The summed E-state index contributed by atoms with van der Waals surface area (Å²) in [5.74, 6) is -0.772. The van der Waals surface area contributed by atoms with Crippen molar-refractivity contribution in [1.29, 1.82) is 0 Å². The van der Waals surface area contributed by atoms with Gasteiger partial charge in [-0.2, -0.15) is 0 Å². The zero-order valence-electron chi connectivity index (χ0n) is 24.4. The van der Waals surface area contributed by atoms with E-state index in [1.165, 1.54) is 25.7 Å². The summed E-state index contributed by atoms with van der Waals surface area (Å²) in [6.07, 6.45) is 9.84. The van der Waals surface area contributed by atoms with Gasteiger partial charge in [-0.25, -0.2) is 4.79 Å². The Morgan fingerprint density at radius 2 is 1.62 bits per heavy atom. The molecule has 3 rings (SSSR count). The molecule has 218 valence electrons. The number of rotatable bonds is 17. The molecule has 1 heterocycles. The number of unbranched alkanes of at least 4 members (excludes halogenated alkanes) is 5. The topological polar surface area (TPSA) is 77.9 Å². The lowest BCUT2D eigenvalue weighted by molar-refractivity contribution is -0.137. The number of thioether (sulfide) groups is 1. The van der Waals surface area contributed by atoms with E-state index in [2.05, 4.69) is 6.92 Å². The Balaban J connectivity index is 1.58. The first kappa shape index (κ1) is 31.7. The molecule has 40 heavy (non-hydrogen) atoms. The van der Waals surface area contributed by atoms with Gasteiger partial charge in [0.05, 0.1) is 16.2 Å². The SMILES string of the molecule is CCCCCCCC1SC(CC(=O)N(Cc2ccccc2)C(C)C)C(=O)N1CCCCc1ccc(C(=O)O)cc1. The molecule has 0 aliphatic carbocycles. The third kappa shape index (κ3) is 9.69. The molecule has 1 saturated heterocycles. The van der Waals surface area contributed by atoms with Crippen LogP contribution in [0, 0.1) is 0 Å². The molecule has 1 N–H and O–H groups in total. The lowest BCUT2D eigenvalue weighted by atomic mass is 10.1. The van der Waals surface area contributed by atoms with E-state index < -0.39 is 5.97 Å². The standard InChI is InChI=1S/C33H46N2O4S/c1-4-5-6-7-11-17-31-34(22-13-12-14-26-18-20-28(21-19-26)33(38)39)32(37)29(40-31)23-30(36)35(25(2)3)24-27-15-9-8-10-16-27/h8-10,15-16,18-21,25,29,31H,4-7,11-14,17,22-24H2,1-3H3,(H,38,39). The molecule has 2 aromatic rings. The summed E-state index contributed by atoms with van der Waals surface area (Å²) in [5, 5.41) is 8.90. The minimum absolute atomic E-state index is 0.0399. The number of carbonyl (C=O) groups is 3. The van der Waals surface area contributed by atoms with E-state index in [-0.39, 0.29) is 34.9 Å². The molecule has 0 saturated carbocycles. The van der Waals surface area contributed by atoms with Gasteiger partial charge in [0.15, 0.2) is 0 Å². The van der Waals surface area contributed by atoms with Gasteiger partial charge in [-0.1, -0.05) is 81.5 Å². The molecular formula is C33H46N2O4S. The van der Waals surface area contributed by atoms with Crippen molar-refractivity contribution in [2.24, 2.45) is 0 Å². The second-order valence-corrected chi connectivity index (χ2v) is 12.5. The van der Waals surface area contributed by atoms with Crippen molar-refractivity contribution in [1.82, 2.24) is 9.80 Å². The third-order valence-corrected chi connectivity index (χ3v) is 9.10. The average molecular weight is 567 g/mol. The van der Waals surface area contributed by atoms with Crippen molar-refractivity contribution in [2.45, 2.75) is 108 Å². The molecule has 0 aromatic heterocycles. The number of nitrogens with zero attached hydrogens (tertiary/aromatic N) is 2. The molecule has 0 bridgehead atoms. The fraction of sp³-hybridized carbons (Fsp3) is 0.545. The minimum Gasteiger partial charge on any atom is -0.478 e. The molecule has 2 atom stereocenters. The van der Waals surface area contributed by atoms with Crippen molar-refractivity contribution in [3.8, 4) is 0 Å². The van der Waals surface area contributed by atoms with E-state index >= 15 is 0 Å². The number of hydrogen-bond acceptors (Lipinski definition) is 4. The molecule has 2 aromatic carbocycles. The molecule has 0 radical (unpaired) electrons. The monoisotopic (exact) mass is 566 g/mol. The molecule has 0 spiro atoms. The van der Waals surface area contributed by atoms with Gasteiger partial charge in [0.25, 0.3) is 0 Å². The number of carbonyl (C=O) groups excluding carboxylic acids is 2. The average Bonchev–Trinajstić information content (AvgIpc) is 3.23. The summed E-state index contributed by atoms with van der Waals surface area (Å²) in [7, 11) is 0. The predicted octanol–water partition coefficient (Wildman–Crippen LogP) is 7.17. The highest BCUT2D eigenvalue weighted by atomic mass is 32.2. The van der Waals surface area contributed by atoms with E-state index in [4.69, 9.17) is 5.11 Å². The summed E-state index contributed by atoms with van der Waals surface area (Å²) in [4.78, 5) is 42.0. The molecule has 1 aliphatic rings. The highest BCUT2D eigenvalue weighted by Gasteiger charge is 2.41. The first-order valence-electron chi connectivity index (χ1n) is 14.9. The molecule has 1 fully saturated rings. The van der Waals surface area contributed by atoms with Crippen molar-refractivity contribution < 1.29 is 19.5 Å². The van der Waals surface area contributed by atoms with Crippen LogP contribution in [0.15, 0.2) is 54.6 Å². The van der Waals surface area contributed by atoms with Crippen LogP contribution in [-0.4, -0.2) is 55.9 Å². The Hall–Kier alpha value is -2.80. The lowest BCUT2D eigenvalue weighted by Crippen LogP contribution is -2.40. The Labute approximate surface area is 244 Å². The van der Waals surface area contributed by atoms with Crippen LogP contribution in [-0.2, 0) is 22.6 Å². The quantitative estimate of drug-likeness (QED) is 0.206. The van der Waals surface area contributed by atoms with Gasteiger partial charge in [0, 0.05) is 25.6 Å². The van der Waals surface area contributed by atoms with Crippen LogP contribution >= 0.6 is 11.8 Å². The van der Waals surface area contributed by atoms with Crippen LogP contribution < -0.4 is 0 Å². The fourth-order valence-electron chi connectivity index (χ4n) is 5.22. The van der Waals surface area contributed by atoms with Crippen molar-refractivity contribution >= 4 is 29.5 Å². The predicted molar refractivity (Wildman–Crippen MR) is 163 cm³/mol. The maximum absolute atomic E-state index is 13.6. The normalized spacial score (nSPS) is 17.0. The van der Waals surface area contributed by atoms with E-state index in [9.17, 15) is 14.4 Å². The van der Waals surface area contributed by atoms with Gasteiger partial charge in [-0.3, -0.25) is 9.59 Å². The van der Waals surface area contributed by atoms with Crippen molar-refractivity contribution in [3.63, 3.8) is 0 Å². The van der Waals surface area contributed by atoms with Gasteiger partial charge in [0.2, 0.25) is 11.8 Å². The van der Waals surface area contributed by atoms with E-state index in [1.807, 2.05) is 66.1 Å². The number of aromatic carboxylic acids is 1. The van der Waals surface area contributed by atoms with Crippen LogP contribution in [0.3, 0.4) is 0 Å². The van der Waals surface area contributed by atoms with Crippen LogP contribution in [0.5, 0.6) is 0 Å². The Morgan fingerprint density at radius 3 is 2.27 bits per heavy atom. The maximum Gasteiger partial charge on any atom is 0.335 e. The van der Waals surface area contributed by atoms with E-state index in [0.29, 0.717) is 18.7 Å². The van der Waals surface area contributed by atoms with E-state index in [0.717, 1.165) is 43.2 Å². The Kier molecular flexibility index (Phi) is 13.1. The summed E-state index contributed by atoms with van der Waals surface area (Å²) < 4.78 is 0. The first-order chi connectivity index (χ1) is 19.3. The lowest BCUT2D eigenvalue weighted by Gasteiger charge is -2.28. The van der Waals surface area contributed by atoms with Crippen molar-refractivity contribution in [3.05, 3.63) is 71.3 Å². The summed E-state index contributed by atoms with van der Waals surface area (Å²) in [5.41, 5.74) is 2.50. The summed E-state index contributed by atoms with van der Waals surface area (Å²) >= 11 is 1.69. The number of carboxylic acid groups (broad SMARTS) is 1. The molecule has 6 nitrogen and oxygen atoms in total. The Morgan fingerprint density at radius 1 is 0.925 bits per heavy atom. The number of carboxylic acids is 1. The van der Waals surface area contributed by atoms with Crippen LogP contribution in [0.4, 0.5) is 0 Å². The number of amides is 2. The van der Waals surface area contributed by atoms with Crippen molar-refractivity contribution in [2.75, 3.05) is 6.54 Å². The number of hydrogen-bond donors (Lipinski definition) is 1. The van der Waals surface area contributed by atoms with E-state index in [1.54, 1.807) is 23.9 Å². The molecule has 7 heteroatoms. The van der Waals surface area contributed by atoms with Gasteiger partial charge < -0.3 is 14.9 Å². The highest BCUT2D eigenvalue weighted by molar-refractivity contribution is 8.01. The smallest absolute Gasteiger partial charge is 0.335 e. The number of benzene rings is 2. The van der Waals surface area contributed by atoms with Crippen LogP contribution in [0.25, 0.3) is 0 Å². The van der Waals surface area contributed by atoms with Crippen LogP contribution in [0.2, 0.25) is 0 Å². The first-order valence-corrected chi connectivity index (χ1v) is 15.9. The summed E-state index contributed by atoms with van der Waals surface area (Å²) in [6.45, 7) is 7.53.